The predicted octanol–water partition coefficient (Wildman–Crippen LogP) is 4.92. The molecule has 0 fully saturated rings. The minimum Gasteiger partial charge on any atom is -0.398 e. The van der Waals surface area contributed by atoms with Gasteiger partial charge in [-0.05, 0) is 30.2 Å². The molecule has 0 spiro atoms. The van der Waals surface area contributed by atoms with E-state index in [4.69, 9.17) is 17.3 Å². The standard InChI is InChI=1S/C15H13ClF3N/c1-9-2-4-10(5-3-9)14(16)11-6-7-13(20)12(8-11)15(17,18)19/h2-8,14H,20H2,1H3. The Bertz CT molecular complexity index is 606. The lowest BCUT2D eigenvalue weighted by Gasteiger charge is -2.15. The van der Waals surface area contributed by atoms with E-state index in [1.165, 1.54) is 12.1 Å². The zero-order valence-corrected chi connectivity index (χ0v) is 11.5. The number of halogens is 4. The number of benzene rings is 2. The maximum Gasteiger partial charge on any atom is 0.418 e. The average molecular weight is 300 g/mol. The lowest BCUT2D eigenvalue weighted by atomic mass is 10.0. The average Bonchev–Trinajstić information content (AvgIpc) is 2.38. The quantitative estimate of drug-likeness (QED) is 0.618. The van der Waals surface area contributed by atoms with Crippen LogP contribution in [0.3, 0.4) is 0 Å². The summed E-state index contributed by atoms with van der Waals surface area (Å²) in [6.45, 7) is 1.93. The fraction of sp³-hybridized carbons (Fsp3) is 0.200. The van der Waals surface area contributed by atoms with Crippen molar-refractivity contribution in [2.75, 3.05) is 5.73 Å². The maximum atomic E-state index is 12.8. The van der Waals surface area contributed by atoms with Gasteiger partial charge in [0.15, 0.2) is 0 Å². The molecule has 0 aliphatic carbocycles. The van der Waals surface area contributed by atoms with Crippen LogP contribution < -0.4 is 5.73 Å². The summed E-state index contributed by atoms with van der Waals surface area (Å²) in [5, 5.41) is -0.641. The third kappa shape index (κ3) is 3.07. The van der Waals surface area contributed by atoms with Crippen molar-refractivity contribution in [2.24, 2.45) is 0 Å². The second-order valence-corrected chi connectivity index (χ2v) is 5.05. The molecular formula is C15H13ClF3N. The Morgan fingerprint density at radius 2 is 1.55 bits per heavy atom. The number of nitrogen functional groups attached to an aromatic ring is 1. The van der Waals surface area contributed by atoms with Gasteiger partial charge in [-0.15, -0.1) is 11.6 Å². The molecule has 0 radical (unpaired) electrons. The Hall–Kier alpha value is -1.68. The van der Waals surface area contributed by atoms with Gasteiger partial charge in [-0.3, -0.25) is 0 Å². The molecule has 0 aliphatic heterocycles. The molecule has 2 aromatic carbocycles. The minimum atomic E-state index is -4.48. The lowest BCUT2D eigenvalue weighted by Crippen LogP contribution is -2.10. The first-order chi connectivity index (χ1) is 9.29. The normalized spacial score (nSPS) is 13.2. The van der Waals surface area contributed by atoms with Crippen LogP contribution in [0, 0.1) is 6.92 Å². The number of hydrogen-bond acceptors (Lipinski definition) is 1. The van der Waals surface area contributed by atoms with Gasteiger partial charge < -0.3 is 5.73 Å². The van der Waals surface area contributed by atoms with Crippen LogP contribution in [0.1, 0.15) is 27.6 Å². The van der Waals surface area contributed by atoms with Gasteiger partial charge >= 0.3 is 6.18 Å². The van der Waals surface area contributed by atoms with Crippen LogP contribution in [-0.4, -0.2) is 0 Å². The molecule has 1 unspecified atom stereocenters. The topological polar surface area (TPSA) is 26.0 Å². The summed E-state index contributed by atoms with van der Waals surface area (Å²) in [4.78, 5) is 0. The van der Waals surface area contributed by atoms with Crippen LogP contribution in [0.15, 0.2) is 42.5 Å². The van der Waals surface area contributed by atoms with E-state index in [0.717, 1.165) is 17.2 Å². The lowest BCUT2D eigenvalue weighted by molar-refractivity contribution is -0.136. The van der Waals surface area contributed by atoms with E-state index in [1.807, 2.05) is 19.1 Å². The predicted molar refractivity (Wildman–Crippen MR) is 74.7 cm³/mol. The van der Waals surface area contributed by atoms with Crippen molar-refractivity contribution in [3.8, 4) is 0 Å². The molecule has 2 rings (SSSR count). The Balaban J connectivity index is 2.40. The molecule has 2 N–H and O–H groups in total. The number of anilines is 1. The highest BCUT2D eigenvalue weighted by molar-refractivity contribution is 6.22. The molecule has 0 amide bonds. The van der Waals surface area contributed by atoms with Crippen LogP contribution in [0.5, 0.6) is 0 Å². The monoisotopic (exact) mass is 299 g/mol. The molecule has 5 heteroatoms. The first-order valence-corrected chi connectivity index (χ1v) is 6.40. The first kappa shape index (κ1) is 14.7. The largest absolute Gasteiger partial charge is 0.418 e. The van der Waals surface area contributed by atoms with Gasteiger partial charge in [0, 0.05) is 5.69 Å². The summed E-state index contributed by atoms with van der Waals surface area (Å²) in [6, 6.07) is 11.1. The van der Waals surface area contributed by atoms with Crippen molar-refractivity contribution in [1.29, 1.82) is 0 Å². The Morgan fingerprint density at radius 1 is 1.00 bits per heavy atom. The highest BCUT2D eigenvalue weighted by Gasteiger charge is 2.33. The second kappa shape index (κ2) is 5.37. The molecule has 0 saturated heterocycles. The number of nitrogens with two attached hydrogens (primary N) is 1. The van der Waals surface area contributed by atoms with E-state index < -0.39 is 17.1 Å². The molecule has 106 valence electrons. The molecule has 0 bridgehead atoms. The van der Waals surface area contributed by atoms with Gasteiger partial charge in [0.2, 0.25) is 0 Å². The van der Waals surface area contributed by atoms with Crippen molar-refractivity contribution < 1.29 is 13.2 Å². The fourth-order valence-electron chi connectivity index (χ4n) is 1.90. The van der Waals surface area contributed by atoms with Crippen molar-refractivity contribution >= 4 is 17.3 Å². The summed E-state index contributed by atoms with van der Waals surface area (Å²) >= 11 is 6.25. The van der Waals surface area contributed by atoms with E-state index in [-0.39, 0.29) is 5.69 Å². The number of aryl methyl sites for hydroxylation is 1. The minimum absolute atomic E-state index is 0.297. The summed E-state index contributed by atoms with van der Waals surface area (Å²) in [5.41, 5.74) is 6.40. The van der Waals surface area contributed by atoms with E-state index in [9.17, 15) is 13.2 Å². The van der Waals surface area contributed by atoms with Gasteiger partial charge in [-0.25, -0.2) is 0 Å². The van der Waals surface area contributed by atoms with Crippen LogP contribution >= 0.6 is 11.6 Å². The number of rotatable bonds is 2. The van der Waals surface area contributed by atoms with Crippen molar-refractivity contribution in [1.82, 2.24) is 0 Å². The Labute approximate surface area is 120 Å². The van der Waals surface area contributed by atoms with Gasteiger partial charge in [0.1, 0.15) is 0 Å². The summed E-state index contributed by atoms with van der Waals surface area (Å²) in [7, 11) is 0. The number of alkyl halides is 4. The summed E-state index contributed by atoms with van der Waals surface area (Å²) in [6.07, 6.45) is -4.48. The van der Waals surface area contributed by atoms with Crippen molar-refractivity contribution in [2.45, 2.75) is 18.5 Å². The van der Waals surface area contributed by atoms with E-state index in [0.29, 0.717) is 5.56 Å². The fourth-order valence-corrected chi connectivity index (χ4v) is 2.19. The van der Waals surface area contributed by atoms with Crippen LogP contribution in [0.2, 0.25) is 0 Å². The van der Waals surface area contributed by atoms with Gasteiger partial charge in [-0.1, -0.05) is 35.9 Å². The zero-order chi connectivity index (χ0) is 14.9. The third-order valence-electron chi connectivity index (χ3n) is 3.05. The van der Waals surface area contributed by atoms with Crippen molar-refractivity contribution in [3.05, 3.63) is 64.7 Å². The molecular weight excluding hydrogens is 287 g/mol. The van der Waals surface area contributed by atoms with E-state index in [2.05, 4.69) is 0 Å². The van der Waals surface area contributed by atoms with Crippen LogP contribution in [-0.2, 0) is 6.18 Å². The second-order valence-electron chi connectivity index (χ2n) is 4.62. The van der Waals surface area contributed by atoms with Crippen molar-refractivity contribution in [3.63, 3.8) is 0 Å². The van der Waals surface area contributed by atoms with Crippen LogP contribution in [0.25, 0.3) is 0 Å². The first-order valence-electron chi connectivity index (χ1n) is 5.96. The molecule has 1 nitrogen and oxygen atoms in total. The molecule has 0 saturated carbocycles. The smallest absolute Gasteiger partial charge is 0.398 e. The van der Waals surface area contributed by atoms with Gasteiger partial charge in [-0.2, -0.15) is 13.2 Å². The molecule has 0 heterocycles. The molecule has 1 atom stereocenters. The highest BCUT2D eigenvalue weighted by Crippen LogP contribution is 2.37. The molecule has 0 aromatic heterocycles. The summed E-state index contributed by atoms with van der Waals surface area (Å²) in [5.74, 6) is 0. The molecule has 2 aromatic rings. The Kier molecular flexibility index (Phi) is 3.95. The van der Waals surface area contributed by atoms with Crippen LogP contribution in [0.4, 0.5) is 18.9 Å². The SMILES string of the molecule is Cc1ccc(C(Cl)c2ccc(N)c(C(F)(F)F)c2)cc1. The third-order valence-corrected chi connectivity index (χ3v) is 3.55. The number of hydrogen-bond donors (Lipinski definition) is 1. The van der Waals surface area contributed by atoms with Gasteiger partial charge in [0.05, 0.1) is 10.9 Å². The molecule has 20 heavy (non-hydrogen) atoms. The zero-order valence-electron chi connectivity index (χ0n) is 10.7. The Morgan fingerprint density at radius 3 is 2.10 bits per heavy atom. The molecule has 0 aliphatic rings. The van der Waals surface area contributed by atoms with E-state index in [1.54, 1.807) is 12.1 Å². The van der Waals surface area contributed by atoms with Gasteiger partial charge in [0.25, 0.3) is 0 Å². The van der Waals surface area contributed by atoms with E-state index >= 15 is 0 Å². The highest BCUT2D eigenvalue weighted by atomic mass is 35.5. The maximum absolute atomic E-state index is 12.8. The summed E-state index contributed by atoms with van der Waals surface area (Å²) < 4.78 is 38.5.